The summed E-state index contributed by atoms with van der Waals surface area (Å²) in [6.07, 6.45) is 3.07. The molecule has 0 bridgehead atoms. The molecule has 154 valence electrons. The maximum absolute atomic E-state index is 12.5. The number of nitrogens with one attached hydrogen (secondary N) is 1. The van der Waals surface area contributed by atoms with Gasteiger partial charge in [-0.05, 0) is 68.8 Å². The monoisotopic (exact) mass is 394 g/mol. The van der Waals surface area contributed by atoms with E-state index in [0.717, 1.165) is 18.7 Å². The van der Waals surface area contributed by atoms with E-state index in [9.17, 15) is 9.59 Å². The minimum atomic E-state index is -0.372. The summed E-state index contributed by atoms with van der Waals surface area (Å²) in [5.41, 5.74) is 3.36. The first-order chi connectivity index (χ1) is 13.9. The Balaban J connectivity index is 1.95. The van der Waals surface area contributed by atoms with Crippen molar-refractivity contribution in [2.45, 2.75) is 40.3 Å². The number of esters is 1. The van der Waals surface area contributed by atoms with Gasteiger partial charge in [-0.2, -0.15) is 0 Å². The maximum Gasteiger partial charge on any atom is 0.330 e. The van der Waals surface area contributed by atoms with Crippen molar-refractivity contribution in [3.05, 3.63) is 71.3 Å². The van der Waals surface area contributed by atoms with Crippen LogP contribution in [0.25, 0.3) is 6.08 Å². The number of amides is 1. The van der Waals surface area contributed by atoms with Crippen LogP contribution in [0.5, 0.6) is 0 Å². The molecule has 0 saturated carbocycles. The summed E-state index contributed by atoms with van der Waals surface area (Å²) in [4.78, 5) is 26.2. The van der Waals surface area contributed by atoms with Crippen molar-refractivity contribution in [3.63, 3.8) is 0 Å². The SMILES string of the molecule is CCOC(=O)/C=C/c1ccc(NC(=O)c2ccc(CN(CC)C(C)C)cc2)cc1. The number of nitrogens with zero attached hydrogens (tertiary/aromatic N) is 1. The first-order valence-corrected chi connectivity index (χ1v) is 10.0. The van der Waals surface area contributed by atoms with E-state index >= 15 is 0 Å². The molecular formula is C24H30N2O3. The summed E-state index contributed by atoms with van der Waals surface area (Å²) in [5.74, 6) is -0.522. The normalized spacial score (nSPS) is 11.2. The number of benzene rings is 2. The predicted octanol–water partition coefficient (Wildman–Crippen LogP) is 4.75. The lowest BCUT2D eigenvalue weighted by Crippen LogP contribution is -2.29. The van der Waals surface area contributed by atoms with Crippen LogP contribution in [0.4, 0.5) is 5.69 Å². The summed E-state index contributed by atoms with van der Waals surface area (Å²) in [5, 5.41) is 2.90. The number of anilines is 1. The lowest BCUT2D eigenvalue weighted by molar-refractivity contribution is -0.137. The van der Waals surface area contributed by atoms with Crippen molar-refractivity contribution in [1.29, 1.82) is 0 Å². The van der Waals surface area contributed by atoms with Crippen LogP contribution in [0.1, 0.15) is 49.2 Å². The fourth-order valence-electron chi connectivity index (χ4n) is 2.89. The van der Waals surface area contributed by atoms with Crippen molar-refractivity contribution < 1.29 is 14.3 Å². The molecule has 0 unspecified atom stereocenters. The van der Waals surface area contributed by atoms with Gasteiger partial charge in [0.1, 0.15) is 0 Å². The summed E-state index contributed by atoms with van der Waals surface area (Å²) >= 11 is 0. The van der Waals surface area contributed by atoms with Crippen molar-refractivity contribution >= 4 is 23.6 Å². The number of rotatable bonds is 9. The van der Waals surface area contributed by atoms with Gasteiger partial charge in [-0.3, -0.25) is 9.69 Å². The number of carbonyl (C=O) groups excluding carboxylic acids is 2. The fraction of sp³-hybridized carbons (Fsp3) is 0.333. The minimum Gasteiger partial charge on any atom is -0.463 e. The zero-order valence-electron chi connectivity index (χ0n) is 17.6. The molecule has 0 spiro atoms. The molecule has 2 aromatic rings. The van der Waals surface area contributed by atoms with Gasteiger partial charge in [0.25, 0.3) is 5.91 Å². The van der Waals surface area contributed by atoms with E-state index in [2.05, 4.69) is 31.0 Å². The van der Waals surface area contributed by atoms with Gasteiger partial charge in [0.15, 0.2) is 0 Å². The van der Waals surface area contributed by atoms with E-state index < -0.39 is 0 Å². The van der Waals surface area contributed by atoms with Crippen molar-refractivity contribution in [2.24, 2.45) is 0 Å². The van der Waals surface area contributed by atoms with Crippen LogP contribution < -0.4 is 5.32 Å². The Morgan fingerprint density at radius 2 is 1.69 bits per heavy atom. The molecule has 1 amide bonds. The first-order valence-electron chi connectivity index (χ1n) is 10.0. The summed E-state index contributed by atoms with van der Waals surface area (Å²) in [6, 6.07) is 15.5. The van der Waals surface area contributed by atoms with Crippen LogP contribution >= 0.6 is 0 Å². The predicted molar refractivity (Wildman–Crippen MR) is 118 cm³/mol. The Morgan fingerprint density at radius 1 is 1.03 bits per heavy atom. The van der Waals surface area contributed by atoms with Crippen LogP contribution in [-0.2, 0) is 16.1 Å². The Kier molecular flexibility index (Phi) is 8.62. The topological polar surface area (TPSA) is 58.6 Å². The number of carbonyl (C=O) groups is 2. The molecule has 5 nitrogen and oxygen atoms in total. The lowest BCUT2D eigenvalue weighted by atomic mass is 10.1. The number of ether oxygens (including phenoxy) is 1. The zero-order chi connectivity index (χ0) is 21.2. The first kappa shape index (κ1) is 22.4. The highest BCUT2D eigenvalue weighted by Gasteiger charge is 2.10. The Morgan fingerprint density at radius 3 is 2.24 bits per heavy atom. The molecule has 0 radical (unpaired) electrons. The van der Waals surface area contributed by atoms with Crippen LogP contribution in [0.3, 0.4) is 0 Å². The van der Waals surface area contributed by atoms with Gasteiger partial charge < -0.3 is 10.1 Å². The third kappa shape index (κ3) is 7.20. The lowest BCUT2D eigenvalue weighted by Gasteiger charge is -2.24. The van der Waals surface area contributed by atoms with E-state index in [1.54, 1.807) is 25.1 Å². The summed E-state index contributed by atoms with van der Waals surface area (Å²) in [6.45, 7) is 10.5. The second-order valence-corrected chi connectivity index (χ2v) is 7.02. The molecule has 29 heavy (non-hydrogen) atoms. The van der Waals surface area contributed by atoms with E-state index in [1.165, 1.54) is 11.6 Å². The maximum atomic E-state index is 12.5. The van der Waals surface area contributed by atoms with Gasteiger partial charge in [0.05, 0.1) is 6.61 Å². The molecule has 5 heteroatoms. The van der Waals surface area contributed by atoms with Crippen molar-refractivity contribution in [2.75, 3.05) is 18.5 Å². The third-order valence-electron chi connectivity index (χ3n) is 4.61. The number of hydrogen-bond donors (Lipinski definition) is 1. The fourth-order valence-corrected chi connectivity index (χ4v) is 2.89. The van der Waals surface area contributed by atoms with Crippen molar-refractivity contribution in [3.8, 4) is 0 Å². The van der Waals surface area contributed by atoms with Crippen LogP contribution in [-0.4, -0.2) is 36.0 Å². The van der Waals surface area contributed by atoms with E-state index in [1.807, 2.05) is 36.4 Å². The summed E-state index contributed by atoms with van der Waals surface area (Å²) < 4.78 is 4.85. The molecule has 0 atom stereocenters. The smallest absolute Gasteiger partial charge is 0.330 e. The number of hydrogen-bond acceptors (Lipinski definition) is 4. The Labute approximate surface area is 173 Å². The molecule has 0 aromatic heterocycles. The van der Waals surface area contributed by atoms with Gasteiger partial charge >= 0.3 is 5.97 Å². The molecule has 1 N–H and O–H groups in total. The average molecular weight is 395 g/mol. The van der Waals surface area contributed by atoms with E-state index in [4.69, 9.17) is 4.74 Å². The second kappa shape index (κ2) is 11.2. The third-order valence-corrected chi connectivity index (χ3v) is 4.61. The molecule has 2 aromatic carbocycles. The minimum absolute atomic E-state index is 0.150. The molecular weight excluding hydrogens is 364 g/mol. The highest BCUT2D eigenvalue weighted by Crippen LogP contribution is 2.14. The average Bonchev–Trinajstić information content (AvgIpc) is 2.72. The van der Waals surface area contributed by atoms with Gasteiger partial charge in [-0.25, -0.2) is 4.79 Å². The molecule has 0 aliphatic carbocycles. The molecule has 0 aliphatic heterocycles. The largest absolute Gasteiger partial charge is 0.463 e. The van der Waals surface area contributed by atoms with Gasteiger partial charge in [-0.1, -0.05) is 31.2 Å². The highest BCUT2D eigenvalue weighted by molar-refractivity contribution is 6.04. The quantitative estimate of drug-likeness (QED) is 0.493. The summed E-state index contributed by atoms with van der Waals surface area (Å²) in [7, 11) is 0. The van der Waals surface area contributed by atoms with Gasteiger partial charge in [0, 0.05) is 29.9 Å². The molecule has 2 rings (SSSR count). The van der Waals surface area contributed by atoms with Crippen LogP contribution in [0.2, 0.25) is 0 Å². The van der Waals surface area contributed by atoms with Crippen molar-refractivity contribution in [1.82, 2.24) is 4.90 Å². The molecule has 0 aliphatic rings. The van der Waals surface area contributed by atoms with E-state index in [-0.39, 0.29) is 11.9 Å². The van der Waals surface area contributed by atoms with Crippen LogP contribution in [0.15, 0.2) is 54.6 Å². The molecule has 0 saturated heterocycles. The van der Waals surface area contributed by atoms with E-state index in [0.29, 0.717) is 23.9 Å². The second-order valence-electron chi connectivity index (χ2n) is 7.02. The standard InChI is InChI=1S/C24H30N2O3/c1-5-26(18(3)4)17-20-7-12-21(13-8-20)24(28)25-22-14-9-19(10-15-22)11-16-23(27)29-6-2/h7-16,18H,5-6,17H2,1-4H3,(H,25,28)/b16-11+. The van der Waals surface area contributed by atoms with Crippen LogP contribution in [0, 0.1) is 0 Å². The molecule has 0 heterocycles. The zero-order valence-corrected chi connectivity index (χ0v) is 17.6. The Hall–Kier alpha value is -2.92. The highest BCUT2D eigenvalue weighted by atomic mass is 16.5. The van der Waals surface area contributed by atoms with Gasteiger partial charge in [-0.15, -0.1) is 0 Å². The Bertz CT molecular complexity index is 824. The van der Waals surface area contributed by atoms with Gasteiger partial charge in [0.2, 0.25) is 0 Å². The molecule has 0 fully saturated rings.